The van der Waals surface area contributed by atoms with Crippen molar-refractivity contribution >= 4 is 17.4 Å². The van der Waals surface area contributed by atoms with Gasteiger partial charge in [0.15, 0.2) is 5.16 Å². The molecule has 78 valence electrons. The van der Waals surface area contributed by atoms with Gasteiger partial charge in [0.2, 0.25) is 0 Å². The van der Waals surface area contributed by atoms with Crippen LogP contribution in [0.5, 0.6) is 0 Å². The second-order valence-electron chi connectivity index (χ2n) is 3.12. The van der Waals surface area contributed by atoms with Crippen LogP contribution in [-0.2, 0) is 7.05 Å². The van der Waals surface area contributed by atoms with Gasteiger partial charge in [-0.25, -0.2) is 4.98 Å². The van der Waals surface area contributed by atoms with E-state index in [0.29, 0.717) is 5.69 Å². The molecule has 0 aliphatic heterocycles. The number of aromatic nitrogens is 4. The lowest BCUT2D eigenvalue weighted by Gasteiger charge is -2.01. The molecular weight excluding hydrogens is 210 g/mol. The summed E-state index contributed by atoms with van der Waals surface area (Å²) in [6, 6.07) is 3.57. The molecule has 0 spiro atoms. The highest BCUT2D eigenvalue weighted by atomic mass is 32.2. The van der Waals surface area contributed by atoms with Crippen LogP contribution in [0.4, 0.5) is 5.69 Å². The summed E-state index contributed by atoms with van der Waals surface area (Å²) in [7, 11) is 1.92. The molecule has 0 bridgehead atoms. The average molecular weight is 221 g/mol. The quantitative estimate of drug-likeness (QED) is 0.826. The molecule has 5 nitrogen and oxygen atoms in total. The van der Waals surface area contributed by atoms with Crippen LogP contribution in [0.3, 0.4) is 0 Å². The third-order valence-electron chi connectivity index (χ3n) is 2.01. The molecule has 2 N–H and O–H groups in total. The summed E-state index contributed by atoms with van der Waals surface area (Å²) >= 11 is 1.45. The zero-order valence-corrected chi connectivity index (χ0v) is 9.32. The lowest BCUT2D eigenvalue weighted by molar-refractivity contribution is 0.764. The molecule has 0 fully saturated rings. The minimum absolute atomic E-state index is 0.700. The van der Waals surface area contributed by atoms with E-state index in [1.54, 1.807) is 12.3 Å². The third kappa shape index (κ3) is 2.10. The van der Waals surface area contributed by atoms with E-state index in [0.717, 1.165) is 16.0 Å². The van der Waals surface area contributed by atoms with Gasteiger partial charge in [-0.2, -0.15) is 0 Å². The lowest BCUT2D eigenvalue weighted by Crippen LogP contribution is -1.94. The highest BCUT2D eigenvalue weighted by Crippen LogP contribution is 2.24. The number of pyridine rings is 1. The molecule has 15 heavy (non-hydrogen) atoms. The van der Waals surface area contributed by atoms with E-state index in [9.17, 15) is 0 Å². The molecule has 2 heterocycles. The minimum Gasteiger partial charge on any atom is -0.399 e. The maximum atomic E-state index is 5.66. The minimum atomic E-state index is 0.700. The first-order valence-corrected chi connectivity index (χ1v) is 5.24. The summed E-state index contributed by atoms with van der Waals surface area (Å²) in [6.07, 6.45) is 1.68. The monoisotopic (exact) mass is 221 g/mol. The number of rotatable bonds is 2. The van der Waals surface area contributed by atoms with E-state index in [-0.39, 0.29) is 0 Å². The van der Waals surface area contributed by atoms with Gasteiger partial charge in [-0.05, 0) is 30.8 Å². The largest absolute Gasteiger partial charge is 0.399 e. The predicted octanol–water partition coefficient (Wildman–Crippen LogP) is 1.25. The molecule has 0 aliphatic rings. The number of nitrogens with two attached hydrogens (primary N) is 1. The van der Waals surface area contributed by atoms with Crippen LogP contribution < -0.4 is 5.73 Å². The Balaban J connectivity index is 2.26. The van der Waals surface area contributed by atoms with Crippen molar-refractivity contribution in [1.29, 1.82) is 0 Å². The Morgan fingerprint density at radius 3 is 2.80 bits per heavy atom. The Labute approximate surface area is 91.7 Å². The van der Waals surface area contributed by atoms with Gasteiger partial charge >= 0.3 is 0 Å². The van der Waals surface area contributed by atoms with Gasteiger partial charge in [-0.3, -0.25) is 0 Å². The van der Waals surface area contributed by atoms with Crippen LogP contribution in [0.25, 0.3) is 0 Å². The zero-order valence-electron chi connectivity index (χ0n) is 8.51. The Bertz CT molecular complexity index is 479. The van der Waals surface area contributed by atoms with Gasteiger partial charge in [0.25, 0.3) is 0 Å². The number of hydrogen-bond donors (Lipinski definition) is 1. The van der Waals surface area contributed by atoms with E-state index in [4.69, 9.17) is 5.73 Å². The smallest absolute Gasteiger partial charge is 0.197 e. The van der Waals surface area contributed by atoms with Crippen molar-refractivity contribution in [2.24, 2.45) is 7.05 Å². The molecular formula is C9H11N5S. The second-order valence-corrected chi connectivity index (χ2v) is 4.11. The van der Waals surface area contributed by atoms with Crippen LogP contribution in [0.1, 0.15) is 5.82 Å². The van der Waals surface area contributed by atoms with E-state index >= 15 is 0 Å². The molecule has 2 aromatic rings. The predicted molar refractivity (Wildman–Crippen MR) is 58.5 cm³/mol. The van der Waals surface area contributed by atoms with Crippen molar-refractivity contribution in [2.45, 2.75) is 17.1 Å². The summed E-state index contributed by atoms with van der Waals surface area (Å²) in [5.41, 5.74) is 6.36. The Morgan fingerprint density at radius 1 is 1.40 bits per heavy atom. The topological polar surface area (TPSA) is 69.6 Å². The maximum absolute atomic E-state index is 5.66. The van der Waals surface area contributed by atoms with Crippen molar-refractivity contribution in [2.75, 3.05) is 5.73 Å². The first-order valence-electron chi connectivity index (χ1n) is 4.42. The van der Waals surface area contributed by atoms with E-state index in [1.807, 2.05) is 24.6 Å². The fourth-order valence-corrected chi connectivity index (χ4v) is 1.90. The normalized spacial score (nSPS) is 10.5. The molecule has 2 rings (SSSR count). The second kappa shape index (κ2) is 3.90. The SMILES string of the molecule is Cc1nnc(Sc2cc(N)ccn2)n1C. The summed E-state index contributed by atoms with van der Waals surface area (Å²) in [5.74, 6) is 0.876. The van der Waals surface area contributed by atoms with Crippen LogP contribution >= 0.6 is 11.8 Å². The van der Waals surface area contributed by atoms with Crippen molar-refractivity contribution in [3.63, 3.8) is 0 Å². The van der Waals surface area contributed by atoms with Gasteiger partial charge in [-0.1, -0.05) is 0 Å². The molecule has 0 aromatic carbocycles. The number of nitrogen functional groups attached to an aromatic ring is 1. The van der Waals surface area contributed by atoms with E-state index < -0.39 is 0 Å². The molecule has 0 atom stereocenters. The average Bonchev–Trinajstić information content (AvgIpc) is 2.50. The van der Waals surface area contributed by atoms with Crippen LogP contribution in [0.2, 0.25) is 0 Å². The fourth-order valence-electron chi connectivity index (χ4n) is 1.05. The molecule has 0 saturated carbocycles. The van der Waals surface area contributed by atoms with Crippen LogP contribution in [0.15, 0.2) is 28.5 Å². The zero-order chi connectivity index (χ0) is 10.8. The van der Waals surface area contributed by atoms with E-state index in [2.05, 4.69) is 15.2 Å². The first-order chi connectivity index (χ1) is 7.16. The number of anilines is 1. The third-order valence-corrected chi connectivity index (χ3v) is 2.98. The van der Waals surface area contributed by atoms with Crippen LogP contribution in [0, 0.1) is 6.92 Å². The molecule has 0 amide bonds. The summed E-state index contributed by atoms with van der Waals surface area (Å²) in [6.45, 7) is 1.91. The van der Waals surface area contributed by atoms with Crippen molar-refractivity contribution in [3.05, 3.63) is 24.2 Å². The van der Waals surface area contributed by atoms with Gasteiger partial charge in [-0.15, -0.1) is 10.2 Å². The summed E-state index contributed by atoms with van der Waals surface area (Å²) in [5, 5.41) is 9.64. The standard InChI is InChI=1S/C9H11N5S/c1-6-12-13-9(14(6)2)15-8-5-7(10)3-4-11-8/h3-5H,1-2H3,(H2,10,11). The lowest BCUT2D eigenvalue weighted by atomic mass is 10.4. The fraction of sp³-hybridized carbons (Fsp3) is 0.222. The Kier molecular flexibility index (Phi) is 2.59. The Morgan fingerprint density at radius 2 is 2.20 bits per heavy atom. The highest BCUT2D eigenvalue weighted by Gasteiger charge is 2.07. The van der Waals surface area contributed by atoms with Gasteiger partial charge in [0, 0.05) is 18.9 Å². The molecule has 6 heteroatoms. The van der Waals surface area contributed by atoms with Gasteiger partial charge in [0.1, 0.15) is 10.9 Å². The molecule has 0 radical (unpaired) electrons. The molecule has 2 aromatic heterocycles. The first kappa shape index (κ1) is 9.97. The Hall–Kier alpha value is -1.56. The number of aryl methyl sites for hydroxylation is 1. The van der Waals surface area contributed by atoms with Crippen molar-refractivity contribution < 1.29 is 0 Å². The molecule has 0 aliphatic carbocycles. The molecule has 0 unspecified atom stereocenters. The van der Waals surface area contributed by atoms with Gasteiger partial charge < -0.3 is 10.3 Å². The molecule has 0 saturated heterocycles. The maximum Gasteiger partial charge on any atom is 0.197 e. The number of hydrogen-bond acceptors (Lipinski definition) is 5. The van der Waals surface area contributed by atoms with E-state index in [1.165, 1.54) is 11.8 Å². The van der Waals surface area contributed by atoms with Crippen molar-refractivity contribution in [3.8, 4) is 0 Å². The highest BCUT2D eigenvalue weighted by molar-refractivity contribution is 7.99. The number of nitrogens with zero attached hydrogens (tertiary/aromatic N) is 4. The van der Waals surface area contributed by atoms with Crippen LogP contribution in [-0.4, -0.2) is 19.7 Å². The van der Waals surface area contributed by atoms with Crippen molar-refractivity contribution in [1.82, 2.24) is 19.7 Å². The summed E-state index contributed by atoms with van der Waals surface area (Å²) < 4.78 is 1.91. The summed E-state index contributed by atoms with van der Waals surface area (Å²) in [4.78, 5) is 4.19. The van der Waals surface area contributed by atoms with Gasteiger partial charge in [0.05, 0.1) is 0 Å².